The van der Waals surface area contributed by atoms with Gasteiger partial charge in [-0.05, 0) is 18.2 Å². The van der Waals surface area contributed by atoms with Crippen LogP contribution in [0.25, 0.3) is 5.65 Å². The van der Waals surface area contributed by atoms with E-state index in [1.165, 1.54) is 10.5 Å². The van der Waals surface area contributed by atoms with Crippen molar-refractivity contribution in [2.24, 2.45) is 0 Å². The summed E-state index contributed by atoms with van der Waals surface area (Å²) in [6.07, 6.45) is 1.70. The second-order valence-corrected chi connectivity index (χ2v) is 4.75. The van der Waals surface area contributed by atoms with Gasteiger partial charge in [-0.15, -0.1) is 0 Å². The molecule has 0 bridgehead atoms. The fourth-order valence-corrected chi connectivity index (χ4v) is 2.18. The molecule has 21 heavy (non-hydrogen) atoms. The van der Waals surface area contributed by atoms with Gasteiger partial charge in [-0.1, -0.05) is 24.3 Å². The van der Waals surface area contributed by atoms with Gasteiger partial charge in [-0.3, -0.25) is 9.20 Å². The van der Waals surface area contributed by atoms with E-state index in [2.05, 4.69) is 10.3 Å². The minimum absolute atomic E-state index is 0.0973. The van der Waals surface area contributed by atoms with E-state index in [1.54, 1.807) is 30.5 Å². The number of pyridine rings is 1. The Labute approximate surface area is 121 Å². The van der Waals surface area contributed by atoms with Crippen LogP contribution < -0.4 is 10.9 Å². The maximum atomic E-state index is 11.9. The highest BCUT2D eigenvalue weighted by molar-refractivity contribution is 5.38. The van der Waals surface area contributed by atoms with E-state index in [0.717, 1.165) is 5.56 Å². The third-order valence-electron chi connectivity index (χ3n) is 3.24. The minimum Gasteiger partial charge on any atom is -0.508 e. The predicted molar refractivity (Wildman–Crippen MR) is 80.1 cm³/mol. The molecule has 5 nitrogen and oxygen atoms in total. The lowest BCUT2D eigenvalue weighted by molar-refractivity contribution is 0.464. The monoisotopic (exact) mass is 281 g/mol. The predicted octanol–water partition coefficient (Wildman–Crippen LogP) is 1.69. The first-order valence-corrected chi connectivity index (χ1v) is 6.69. The molecule has 0 aliphatic rings. The molecule has 2 heterocycles. The molecule has 0 unspecified atom stereocenters. The highest BCUT2D eigenvalue weighted by Gasteiger charge is 2.03. The summed E-state index contributed by atoms with van der Waals surface area (Å²) in [6, 6.07) is 14.1. The largest absolute Gasteiger partial charge is 0.508 e. The number of hydrogen-bond donors (Lipinski definition) is 2. The van der Waals surface area contributed by atoms with Crippen LogP contribution in [0.4, 0.5) is 0 Å². The number of nitrogens with zero attached hydrogens (tertiary/aromatic N) is 2. The van der Waals surface area contributed by atoms with Crippen molar-refractivity contribution in [3.05, 3.63) is 76.3 Å². The molecule has 106 valence electrons. The molecule has 3 rings (SSSR count). The number of hydrogen-bond acceptors (Lipinski definition) is 4. The van der Waals surface area contributed by atoms with E-state index in [9.17, 15) is 9.90 Å². The smallest absolute Gasteiger partial charge is 0.258 e. The van der Waals surface area contributed by atoms with Gasteiger partial charge in [-0.2, -0.15) is 0 Å². The van der Waals surface area contributed by atoms with Gasteiger partial charge in [0, 0.05) is 30.9 Å². The maximum absolute atomic E-state index is 11.9. The second-order valence-electron chi connectivity index (χ2n) is 4.75. The van der Waals surface area contributed by atoms with Gasteiger partial charge < -0.3 is 10.4 Å². The minimum atomic E-state index is -0.0973. The average Bonchev–Trinajstić information content (AvgIpc) is 2.49. The first-order chi connectivity index (χ1) is 10.2. The lowest BCUT2D eigenvalue weighted by atomic mass is 10.2. The van der Waals surface area contributed by atoms with Crippen LogP contribution in [0.1, 0.15) is 11.3 Å². The van der Waals surface area contributed by atoms with Gasteiger partial charge in [0.15, 0.2) is 0 Å². The molecule has 5 heteroatoms. The van der Waals surface area contributed by atoms with E-state index < -0.39 is 0 Å². The van der Waals surface area contributed by atoms with Crippen LogP contribution >= 0.6 is 0 Å². The van der Waals surface area contributed by atoms with Crippen molar-refractivity contribution in [1.29, 1.82) is 0 Å². The number of nitrogens with one attached hydrogen (secondary N) is 1. The Bertz CT molecular complexity index is 827. The second kappa shape index (κ2) is 5.76. The average molecular weight is 281 g/mol. The highest BCUT2D eigenvalue weighted by Crippen LogP contribution is 2.14. The van der Waals surface area contributed by atoms with Gasteiger partial charge in [0.2, 0.25) is 0 Å². The number of rotatable bonds is 4. The van der Waals surface area contributed by atoms with Crippen molar-refractivity contribution in [3.8, 4) is 5.75 Å². The molecule has 0 aliphatic heterocycles. The zero-order valence-electron chi connectivity index (χ0n) is 11.4. The van der Waals surface area contributed by atoms with Gasteiger partial charge in [0.05, 0.1) is 5.69 Å². The summed E-state index contributed by atoms with van der Waals surface area (Å²) in [5.74, 6) is 0.261. The van der Waals surface area contributed by atoms with Crippen molar-refractivity contribution in [1.82, 2.24) is 14.7 Å². The molecule has 0 fully saturated rings. The Hall–Kier alpha value is -2.66. The van der Waals surface area contributed by atoms with Crippen LogP contribution in [-0.2, 0) is 13.1 Å². The Morgan fingerprint density at radius 1 is 1.10 bits per heavy atom. The first-order valence-electron chi connectivity index (χ1n) is 6.69. The number of phenols is 1. The summed E-state index contributed by atoms with van der Waals surface area (Å²) < 4.78 is 1.51. The molecule has 0 aliphatic carbocycles. The maximum Gasteiger partial charge on any atom is 0.258 e. The van der Waals surface area contributed by atoms with Crippen LogP contribution in [0.5, 0.6) is 5.75 Å². The molecule has 0 amide bonds. The molecule has 2 N–H and O–H groups in total. The Morgan fingerprint density at radius 2 is 1.90 bits per heavy atom. The number of aromatic nitrogens is 2. The first kappa shape index (κ1) is 13.3. The highest BCUT2D eigenvalue weighted by atomic mass is 16.3. The van der Waals surface area contributed by atoms with Crippen LogP contribution in [0.2, 0.25) is 0 Å². The SMILES string of the molecule is O=c1cc(CNCc2ccccc2O)nc2ccccn12. The summed E-state index contributed by atoms with van der Waals surface area (Å²) in [4.78, 5) is 16.4. The number of para-hydroxylation sites is 1. The molecular weight excluding hydrogens is 266 g/mol. The lowest BCUT2D eigenvalue weighted by Gasteiger charge is -2.07. The molecule has 0 saturated carbocycles. The van der Waals surface area contributed by atoms with Crippen molar-refractivity contribution >= 4 is 5.65 Å². The normalized spacial score (nSPS) is 10.9. The topological polar surface area (TPSA) is 66.6 Å². The molecule has 0 spiro atoms. The van der Waals surface area contributed by atoms with Gasteiger partial charge >= 0.3 is 0 Å². The third kappa shape index (κ3) is 2.93. The molecular formula is C16H15N3O2. The van der Waals surface area contributed by atoms with Gasteiger partial charge in [-0.25, -0.2) is 4.98 Å². The third-order valence-corrected chi connectivity index (χ3v) is 3.24. The zero-order valence-corrected chi connectivity index (χ0v) is 11.4. The Morgan fingerprint density at radius 3 is 2.76 bits per heavy atom. The van der Waals surface area contributed by atoms with E-state index in [1.807, 2.05) is 18.2 Å². The van der Waals surface area contributed by atoms with Gasteiger partial charge in [0.1, 0.15) is 11.4 Å². The van der Waals surface area contributed by atoms with E-state index in [0.29, 0.717) is 24.4 Å². The van der Waals surface area contributed by atoms with Crippen LogP contribution in [0.3, 0.4) is 0 Å². The molecule has 0 atom stereocenters. The molecule has 2 aromatic heterocycles. The van der Waals surface area contributed by atoms with E-state index in [-0.39, 0.29) is 11.3 Å². The number of benzene rings is 1. The fourth-order valence-electron chi connectivity index (χ4n) is 2.18. The summed E-state index contributed by atoms with van der Waals surface area (Å²) in [7, 11) is 0. The van der Waals surface area contributed by atoms with E-state index >= 15 is 0 Å². The van der Waals surface area contributed by atoms with Crippen LogP contribution in [0, 0.1) is 0 Å². The Kier molecular flexibility index (Phi) is 3.66. The lowest BCUT2D eigenvalue weighted by Crippen LogP contribution is -2.19. The van der Waals surface area contributed by atoms with E-state index in [4.69, 9.17) is 0 Å². The number of fused-ring (bicyclic) bond motifs is 1. The van der Waals surface area contributed by atoms with Crippen LogP contribution in [-0.4, -0.2) is 14.5 Å². The van der Waals surface area contributed by atoms with Crippen molar-refractivity contribution in [2.75, 3.05) is 0 Å². The summed E-state index contributed by atoms with van der Waals surface area (Å²) in [6.45, 7) is 0.984. The van der Waals surface area contributed by atoms with Crippen molar-refractivity contribution < 1.29 is 5.11 Å². The molecule has 3 aromatic rings. The zero-order chi connectivity index (χ0) is 14.7. The molecule has 0 saturated heterocycles. The summed E-state index contributed by atoms with van der Waals surface area (Å²) in [5, 5.41) is 12.9. The quantitative estimate of drug-likeness (QED) is 0.763. The molecule has 0 radical (unpaired) electrons. The Balaban J connectivity index is 1.74. The summed E-state index contributed by atoms with van der Waals surface area (Å²) >= 11 is 0. The molecule has 1 aromatic carbocycles. The summed E-state index contributed by atoms with van der Waals surface area (Å²) in [5.41, 5.74) is 2.03. The van der Waals surface area contributed by atoms with Crippen LogP contribution in [0.15, 0.2) is 59.5 Å². The van der Waals surface area contributed by atoms with Crippen molar-refractivity contribution in [2.45, 2.75) is 13.1 Å². The number of phenolic OH excluding ortho intramolecular Hbond substituents is 1. The number of aromatic hydroxyl groups is 1. The fraction of sp³-hybridized carbons (Fsp3) is 0.125. The van der Waals surface area contributed by atoms with Crippen molar-refractivity contribution in [3.63, 3.8) is 0 Å². The van der Waals surface area contributed by atoms with Gasteiger partial charge in [0.25, 0.3) is 5.56 Å². The standard InChI is InChI=1S/C16H15N3O2/c20-14-6-2-1-5-12(14)10-17-11-13-9-16(21)19-8-4-3-7-15(19)18-13/h1-9,17,20H,10-11H2.